The Morgan fingerprint density at radius 1 is 1.10 bits per heavy atom. The summed E-state index contributed by atoms with van der Waals surface area (Å²) in [5.41, 5.74) is 1.47. The third kappa shape index (κ3) is 5.23. The zero-order valence-corrected chi connectivity index (χ0v) is 16.7. The lowest BCUT2D eigenvalue weighted by Crippen LogP contribution is -2.35. The van der Waals surface area contributed by atoms with Gasteiger partial charge in [0.05, 0.1) is 23.6 Å². The van der Waals surface area contributed by atoms with Gasteiger partial charge in [-0.15, -0.1) is 0 Å². The quantitative estimate of drug-likeness (QED) is 0.422. The normalized spacial score (nSPS) is 10.4. The van der Waals surface area contributed by atoms with Crippen LogP contribution >= 0.6 is 23.2 Å². The first-order chi connectivity index (χ1) is 14.0. The molecule has 3 aromatic rings. The highest BCUT2D eigenvalue weighted by Crippen LogP contribution is 2.21. The monoisotopic (exact) mass is 427 g/mol. The molecule has 8 heteroatoms. The van der Waals surface area contributed by atoms with Gasteiger partial charge in [0.1, 0.15) is 5.15 Å². The molecule has 0 bridgehead atoms. The van der Waals surface area contributed by atoms with E-state index in [2.05, 4.69) is 4.98 Å². The van der Waals surface area contributed by atoms with Crippen molar-refractivity contribution in [2.45, 2.75) is 6.42 Å². The van der Waals surface area contributed by atoms with Crippen LogP contribution in [0.4, 0.5) is 5.69 Å². The summed E-state index contributed by atoms with van der Waals surface area (Å²) in [5, 5.41) is 10.4. The number of aromatic nitrogens is 1. The van der Waals surface area contributed by atoms with Gasteiger partial charge < -0.3 is 9.64 Å². The highest BCUT2D eigenvalue weighted by molar-refractivity contribution is 6.31. The molecule has 0 aliphatic carbocycles. The van der Waals surface area contributed by atoms with Gasteiger partial charge in [0, 0.05) is 22.6 Å². The molecule has 0 aliphatic heterocycles. The minimum Gasteiger partial charge on any atom is -0.452 e. The Labute approximate surface area is 177 Å². The molecule has 0 atom stereocenters. The summed E-state index contributed by atoms with van der Waals surface area (Å²) < 4.78 is 5.18. The second-order valence-corrected chi connectivity index (χ2v) is 6.87. The van der Waals surface area contributed by atoms with Gasteiger partial charge in [-0.1, -0.05) is 29.3 Å². The minimum atomic E-state index is -0.637. The molecular formula is C21H15Cl2N3O3. The predicted octanol–water partition coefficient (Wildman–Crippen LogP) is 4.65. The van der Waals surface area contributed by atoms with Crippen molar-refractivity contribution in [3.05, 3.63) is 70.3 Å². The van der Waals surface area contributed by atoms with Crippen LogP contribution in [-0.2, 0) is 9.53 Å². The van der Waals surface area contributed by atoms with E-state index in [0.29, 0.717) is 26.9 Å². The van der Waals surface area contributed by atoms with E-state index in [1.54, 1.807) is 54.6 Å². The lowest BCUT2D eigenvalue weighted by molar-refractivity contribution is -0.121. The molecule has 6 nitrogen and oxygen atoms in total. The van der Waals surface area contributed by atoms with Crippen LogP contribution in [0, 0.1) is 11.3 Å². The summed E-state index contributed by atoms with van der Waals surface area (Å²) in [6, 6.07) is 16.9. The molecule has 0 unspecified atom stereocenters. The highest BCUT2D eigenvalue weighted by atomic mass is 35.5. The molecule has 1 amide bonds. The van der Waals surface area contributed by atoms with Crippen molar-refractivity contribution < 1.29 is 14.3 Å². The van der Waals surface area contributed by atoms with Gasteiger partial charge in [-0.3, -0.25) is 4.79 Å². The molecule has 1 heterocycles. The Bertz CT molecular complexity index is 1110. The number of pyridine rings is 1. The molecule has 1 aromatic heterocycles. The number of hydrogen-bond acceptors (Lipinski definition) is 5. The van der Waals surface area contributed by atoms with E-state index >= 15 is 0 Å². The number of amides is 1. The Balaban J connectivity index is 1.71. The second-order valence-electron chi connectivity index (χ2n) is 6.05. The van der Waals surface area contributed by atoms with Gasteiger partial charge >= 0.3 is 5.97 Å². The van der Waals surface area contributed by atoms with E-state index in [-0.39, 0.29) is 13.0 Å². The van der Waals surface area contributed by atoms with E-state index in [1.165, 1.54) is 4.90 Å². The van der Waals surface area contributed by atoms with E-state index < -0.39 is 18.5 Å². The number of nitrogens with zero attached hydrogens (tertiary/aromatic N) is 3. The number of rotatable bonds is 6. The molecule has 0 radical (unpaired) electrons. The predicted molar refractivity (Wildman–Crippen MR) is 111 cm³/mol. The summed E-state index contributed by atoms with van der Waals surface area (Å²) in [7, 11) is 0. The fraction of sp³-hybridized carbons (Fsp3) is 0.143. The Kier molecular flexibility index (Phi) is 6.65. The lowest BCUT2D eigenvalue weighted by atomic mass is 10.1. The number of fused-ring (bicyclic) bond motifs is 1. The number of halogens is 2. The smallest absolute Gasteiger partial charge is 0.338 e. The van der Waals surface area contributed by atoms with Gasteiger partial charge in [0.15, 0.2) is 6.61 Å². The van der Waals surface area contributed by atoms with Crippen molar-refractivity contribution in [1.29, 1.82) is 5.26 Å². The summed E-state index contributed by atoms with van der Waals surface area (Å²) >= 11 is 11.8. The Morgan fingerprint density at radius 3 is 2.69 bits per heavy atom. The van der Waals surface area contributed by atoms with E-state index in [9.17, 15) is 9.59 Å². The molecular weight excluding hydrogens is 413 g/mol. The van der Waals surface area contributed by atoms with Crippen LogP contribution in [-0.4, -0.2) is 30.0 Å². The van der Waals surface area contributed by atoms with Gasteiger partial charge in [0.2, 0.25) is 0 Å². The fourth-order valence-corrected chi connectivity index (χ4v) is 3.06. The zero-order chi connectivity index (χ0) is 20.8. The fourth-order valence-electron chi connectivity index (χ4n) is 2.72. The van der Waals surface area contributed by atoms with Crippen molar-refractivity contribution in [2.24, 2.45) is 0 Å². The number of ether oxygens (including phenoxy) is 1. The molecule has 0 saturated heterocycles. The minimum absolute atomic E-state index is 0.131. The van der Waals surface area contributed by atoms with Crippen LogP contribution in [0.5, 0.6) is 0 Å². The first kappa shape index (κ1) is 20.6. The largest absolute Gasteiger partial charge is 0.452 e. The van der Waals surface area contributed by atoms with Gasteiger partial charge in [-0.2, -0.15) is 5.26 Å². The number of benzene rings is 2. The van der Waals surface area contributed by atoms with Crippen molar-refractivity contribution in [1.82, 2.24) is 4.98 Å². The van der Waals surface area contributed by atoms with Gasteiger partial charge in [-0.25, -0.2) is 9.78 Å². The van der Waals surface area contributed by atoms with Crippen LogP contribution in [0.3, 0.4) is 0 Å². The maximum atomic E-state index is 12.6. The number of carbonyl (C=O) groups excluding carboxylic acids is 2. The third-order valence-corrected chi connectivity index (χ3v) is 4.53. The summed E-state index contributed by atoms with van der Waals surface area (Å²) in [6.45, 7) is -0.302. The maximum Gasteiger partial charge on any atom is 0.338 e. The van der Waals surface area contributed by atoms with Crippen LogP contribution < -0.4 is 4.90 Å². The van der Waals surface area contributed by atoms with Crippen LogP contribution in [0.15, 0.2) is 54.6 Å². The number of nitriles is 1. The SMILES string of the molecule is N#CCCN(C(=O)COC(=O)c1ccc2nc(Cl)ccc2c1)c1cccc(Cl)c1. The van der Waals surface area contributed by atoms with Crippen LogP contribution in [0.1, 0.15) is 16.8 Å². The molecule has 0 fully saturated rings. The van der Waals surface area contributed by atoms with Crippen molar-refractivity contribution in [3.8, 4) is 6.07 Å². The molecule has 3 rings (SSSR count). The molecule has 2 aromatic carbocycles. The number of esters is 1. The first-order valence-corrected chi connectivity index (χ1v) is 9.40. The van der Waals surface area contributed by atoms with E-state index in [1.807, 2.05) is 6.07 Å². The summed E-state index contributed by atoms with van der Waals surface area (Å²) in [6.07, 6.45) is 0.131. The highest BCUT2D eigenvalue weighted by Gasteiger charge is 2.18. The molecule has 0 saturated carbocycles. The lowest BCUT2D eigenvalue weighted by Gasteiger charge is -2.21. The standard InChI is InChI=1S/C21H15Cl2N3O3/c22-16-3-1-4-17(12-16)26(10-2-9-24)20(27)13-29-21(28)15-5-7-18-14(11-15)6-8-19(23)25-18/h1,3-8,11-12H,2,10,13H2. The Morgan fingerprint density at radius 2 is 1.93 bits per heavy atom. The maximum absolute atomic E-state index is 12.6. The third-order valence-electron chi connectivity index (χ3n) is 4.09. The van der Waals surface area contributed by atoms with Crippen LogP contribution in [0.2, 0.25) is 10.2 Å². The van der Waals surface area contributed by atoms with Gasteiger partial charge in [0.25, 0.3) is 5.91 Å². The number of hydrogen-bond donors (Lipinski definition) is 0. The molecule has 0 N–H and O–H groups in total. The Hall–Kier alpha value is -3.14. The summed E-state index contributed by atoms with van der Waals surface area (Å²) in [4.78, 5) is 30.5. The molecule has 0 aliphatic rings. The topological polar surface area (TPSA) is 83.3 Å². The molecule has 146 valence electrons. The zero-order valence-electron chi connectivity index (χ0n) is 15.1. The number of carbonyl (C=O) groups is 2. The second kappa shape index (κ2) is 9.37. The molecule has 0 spiro atoms. The van der Waals surface area contributed by atoms with Crippen LogP contribution in [0.25, 0.3) is 10.9 Å². The first-order valence-electron chi connectivity index (χ1n) is 8.64. The molecule has 29 heavy (non-hydrogen) atoms. The van der Waals surface area contributed by atoms with Gasteiger partial charge in [-0.05, 0) is 48.5 Å². The summed E-state index contributed by atoms with van der Waals surface area (Å²) in [5.74, 6) is -1.09. The van der Waals surface area contributed by atoms with Crippen molar-refractivity contribution in [2.75, 3.05) is 18.1 Å². The van der Waals surface area contributed by atoms with Crippen molar-refractivity contribution >= 4 is 51.7 Å². The average molecular weight is 428 g/mol. The number of anilines is 1. The average Bonchev–Trinajstić information content (AvgIpc) is 2.72. The van der Waals surface area contributed by atoms with Crippen molar-refractivity contribution in [3.63, 3.8) is 0 Å². The van der Waals surface area contributed by atoms with E-state index in [0.717, 1.165) is 5.39 Å². The van der Waals surface area contributed by atoms with E-state index in [4.69, 9.17) is 33.2 Å².